The van der Waals surface area contributed by atoms with Gasteiger partial charge in [-0.05, 0) is 25.5 Å². The third kappa shape index (κ3) is 7.88. The number of carboxylic acids is 1. The van der Waals surface area contributed by atoms with Gasteiger partial charge in [0.05, 0.1) is 11.8 Å². The Bertz CT molecular complexity index is 475. The van der Waals surface area contributed by atoms with E-state index in [1.165, 1.54) is 0 Å². The van der Waals surface area contributed by atoms with Gasteiger partial charge in [-0.15, -0.1) is 6.42 Å². The van der Waals surface area contributed by atoms with Gasteiger partial charge in [-0.3, -0.25) is 15.2 Å². The summed E-state index contributed by atoms with van der Waals surface area (Å²) >= 11 is 0. The summed E-state index contributed by atoms with van der Waals surface area (Å²) in [7, 11) is 0. The molecule has 5 heteroatoms. The van der Waals surface area contributed by atoms with Crippen molar-refractivity contribution in [1.29, 1.82) is 5.41 Å². The minimum Gasteiger partial charge on any atom is -0.481 e. The van der Waals surface area contributed by atoms with Crippen LogP contribution in [0.3, 0.4) is 0 Å². The number of terminal acetylenes is 1. The molecule has 0 aliphatic carbocycles. The maximum Gasteiger partial charge on any atom is 0.306 e. The van der Waals surface area contributed by atoms with Gasteiger partial charge in [-0.2, -0.15) is 0 Å². The highest BCUT2D eigenvalue weighted by molar-refractivity contribution is 5.82. The minimum atomic E-state index is -0.859. The van der Waals surface area contributed by atoms with Crippen molar-refractivity contribution in [3.63, 3.8) is 0 Å². The number of nitrogens with one attached hydrogen (secondary N) is 1. The molecular weight excluding hydrogens is 254 g/mol. The van der Waals surface area contributed by atoms with Crippen molar-refractivity contribution in [2.75, 3.05) is 0 Å². The number of aryl methyl sites for hydroxylation is 1. The SMILES string of the molecule is C#Cc1ccc(C)nc1.CCC[C@@H](CC(=N)N)C(=O)O. The summed E-state index contributed by atoms with van der Waals surface area (Å²) in [6.45, 7) is 3.84. The second-order valence-electron chi connectivity index (χ2n) is 4.39. The molecule has 0 aromatic carbocycles. The highest BCUT2D eigenvalue weighted by Gasteiger charge is 2.16. The van der Waals surface area contributed by atoms with Crippen LogP contribution in [0.15, 0.2) is 18.3 Å². The molecule has 0 unspecified atom stereocenters. The van der Waals surface area contributed by atoms with Crippen LogP contribution in [-0.2, 0) is 4.79 Å². The molecule has 0 aliphatic rings. The zero-order chi connectivity index (χ0) is 15.5. The molecule has 1 heterocycles. The van der Waals surface area contributed by atoms with Crippen LogP contribution in [0.4, 0.5) is 0 Å². The fraction of sp³-hybridized carbons (Fsp3) is 0.400. The van der Waals surface area contributed by atoms with E-state index < -0.39 is 11.9 Å². The number of carboxylic acid groups (broad SMARTS) is 1. The molecule has 20 heavy (non-hydrogen) atoms. The lowest BCUT2D eigenvalue weighted by Crippen LogP contribution is -2.21. The van der Waals surface area contributed by atoms with Crippen molar-refractivity contribution in [2.24, 2.45) is 11.7 Å². The maximum absolute atomic E-state index is 10.5. The van der Waals surface area contributed by atoms with Gasteiger partial charge in [0.1, 0.15) is 0 Å². The number of aliphatic carboxylic acids is 1. The topological polar surface area (TPSA) is 100 Å². The maximum atomic E-state index is 10.5. The molecular formula is C15H21N3O2. The molecule has 1 aromatic heterocycles. The number of hydrogen-bond donors (Lipinski definition) is 3. The molecule has 0 bridgehead atoms. The largest absolute Gasteiger partial charge is 0.481 e. The van der Waals surface area contributed by atoms with Gasteiger partial charge in [-0.1, -0.05) is 19.3 Å². The van der Waals surface area contributed by atoms with E-state index in [2.05, 4.69) is 10.9 Å². The number of rotatable bonds is 5. The Morgan fingerprint density at radius 1 is 1.60 bits per heavy atom. The smallest absolute Gasteiger partial charge is 0.306 e. The standard InChI is InChI=1S/C8H7N.C7H14N2O2/c1-3-8-5-4-7(2)9-6-8;1-2-3-5(7(10)11)4-6(8)9/h1,4-6H,2H3;5H,2-4H2,1H3,(H3,8,9)(H,10,11)/t;5-/m.0/s1. The number of hydrogen-bond acceptors (Lipinski definition) is 3. The highest BCUT2D eigenvalue weighted by Crippen LogP contribution is 2.10. The van der Waals surface area contributed by atoms with Crippen molar-refractivity contribution in [2.45, 2.75) is 33.1 Å². The Hall–Kier alpha value is -2.35. The molecule has 0 spiro atoms. The highest BCUT2D eigenvalue weighted by atomic mass is 16.4. The normalized spacial score (nSPS) is 10.7. The number of pyridine rings is 1. The molecule has 0 saturated carbocycles. The Labute approximate surface area is 119 Å². The average Bonchev–Trinajstić information content (AvgIpc) is 2.39. The van der Waals surface area contributed by atoms with Gasteiger partial charge in [0.25, 0.3) is 0 Å². The Balaban J connectivity index is 0.000000367. The van der Waals surface area contributed by atoms with Crippen LogP contribution < -0.4 is 5.73 Å². The first-order chi connectivity index (χ1) is 9.40. The molecule has 1 aromatic rings. The predicted octanol–water partition coefficient (Wildman–Crippen LogP) is 2.18. The first-order valence-electron chi connectivity index (χ1n) is 6.35. The van der Waals surface area contributed by atoms with Gasteiger partial charge < -0.3 is 10.8 Å². The van der Waals surface area contributed by atoms with E-state index in [-0.39, 0.29) is 12.3 Å². The van der Waals surface area contributed by atoms with Crippen LogP contribution in [-0.4, -0.2) is 21.9 Å². The zero-order valence-corrected chi connectivity index (χ0v) is 11.9. The Morgan fingerprint density at radius 2 is 2.25 bits per heavy atom. The molecule has 0 amide bonds. The van der Waals surface area contributed by atoms with Crippen molar-refractivity contribution < 1.29 is 9.90 Å². The number of amidine groups is 1. The van der Waals surface area contributed by atoms with E-state index in [0.717, 1.165) is 17.7 Å². The molecule has 1 rings (SSSR count). The number of aromatic nitrogens is 1. The van der Waals surface area contributed by atoms with Crippen molar-refractivity contribution in [1.82, 2.24) is 4.98 Å². The van der Waals surface area contributed by atoms with Crippen LogP contribution >= 0.6 is 0 Å². The molecule has 0 aliphatic heterocycles. The fourth-order valence-electron chi connectivity index (χ4n) is 1.48. The molecule has 1 atom stereocenters. The summed E-state index contributed by atoms with van der Waals surface area (Å²) < 4.78 is 0. The summed E-state index contributed by atoms with van der Waals surface area (Å²) in [5.41, 5.74) is 6.91. The molecule has 0 fully saturated rings. The molecule has 5 nitrogen and oxygen atoms in total. The van der Waals surface area contributed by atoms with Crippen LogP contribution in [0.25, 0.3) is 0 Å². The lowest BCUT2D eigenvalue weighted by molar-refractivity contribution is -0.141. The lowest BCUT2D eigenvalue weighted by atomic mass is 10.00. The number of nitrogens with two attached hydrogens (primary N) is 1. The lowest BCUT2D eigenvalue weighted by Gasteiger charge is -2.08. The Kier molecular flexibility index (Phi) is 8.44. The fourth-order valence-corrected chi connectivity index (χ4v) is 1.48. The molecule has 4 N–H and O–H groups in total. The predicted molar refractivity (Wildman–Crippen MR) is 79.5 cm³/mol. The first kappa shape index (κ1) is 17.6. The van der Waals surface area contributed by atoms with E-state index in [9.17, 15) is 4.79 Å². The number of carbonyl (C=O) groups is 1. The van der Waals surface area contributed by atoms with Crippen molar-refractivity contribution in [3.05, 3.63) is 29.6 Å². The quantitative estimate of drug-likeness (QED) is 0.435. The summed E-state index contributed by atoms with van der Waals surface area (Å²) in [5.74, 6) is 1.11. The van der Waals surface area contributed by atoms with Crippen molar-refractivity contribution in [3.8, 4) is 12.3 Å². The number of nitrogens with zero attached hydrogens (tertiary/aromatic N) is 1. The third-order valence-electron chi connectivity index (χ3n) is 2.53. The van der Waals surface area contributed by atoms with Crippen LogP contribution in [0.2, 0.25) is 0 Å². The Morgan fingerprint density at radius 3 is 2.60 bits per heavy atom. The van der Waals surface area contributed by atoms with E-state index >= 15 is 0 Å². The molecule has 108 valence electrons. The molecule has 0 radical (unpaired) electrons. The van der Waals surface area contributed by atoms with E-state index in [4.69, 9.17) is 22.7 Å². The molecule has 0 saturated heterocycles. The van der Waals surface area contributed by atoms with Crippen LogP contribution in [0.5, 0.6) is 0 Å². The van der Waals surface area contributed by atoms with E-state index in [1.807, 2.05) is 26.0 Å². The summed E-state index contributed by atoms with van der Waals surface area (Å²) in [6.07, 6.45) is 8.37. The van der Waals surface area contributed by atoms with Gasteiger partial charge >= 0.3 is 5.97 Å². The first-order valence-corrected chi connectivity index (χ1v) is 6.35. The third-order valence-corrected chi connectivity index (χ3v) is 2.53. The van der Waals surface area contributed by atoms with E-state index in [0.29, 0.717) is 6.42 Å². The second kappa shape index (κ2) is 9.56. The summed E-state index contributed by atoms with van der Waals surface area (Å²) in [5, 5.41) is 15.5. The second-order valence-corrected chi connectivity index (χ2v) is 4.39. The van der Waals surface area contributed by atoms with Gasteiger partial charge in [0.15, 0.2) is 0 Å². The average molecular weight is 275 g/mol. The monoisotopic (exact) mass is 275 g/mol. The minimum absolute atomic E-state index is 0.0501. The summed E-state index contributed by atoms with van der Waals surface area (Å²) in [6, 6.07) is 3.78. The van der Waals surface area contributed by atoms with Crippen LogP contribution in [0, 0.1) is 30.6 Å². The van der Waals surface area contributed by atoms with E-state index in [1.54, 1.807) is 6.20 Å². The van der Waals surface area contributed by atoms with Gasteiger partial charge in [0.2, 0.25) is 0 Å². The summed E-state index contributed by atoms with van der Waals surface area (Å²) in [4.78, 5) is 14.5. The zero-order valence-electron chi connectivity index (χ0n) is 11.9. The van der Waals surface area contributed by atoms with Crippen LogP contribution in [0.1, 0.15) is 37.4 Å². The van der Waals surface area contributed by atoms with Gasteiger partial charge in [0, 0.05) is 23.9 Å². The van der Waals surface area contributed by atoms with Crippen molar-refractivity contribution >= 4 is 11.8 Å². The van der Waals surface area contributed by atoms with Gasteiger partial charge in [-0.25, -0.2) is 0 Å².